The summed E-state index contributed by atoms with van der Waals surface area (Å²) in [6.45, 7) is 2.03. The molecule has 1 aromatic carbocycles. The fourth-order valence-corrected chi connectivity index (χ4v) is 4.72. The number of oxazole rings is 1. The number of thioether (sulfide) groups is 1. The summed E-state index contributed by atoms with van der Waals surface area (Å²) in [6.07, 6.45) is 12.0. The highest BCUT2D eigenvalue weighted by Gasteiger charge is 2.13. The van der Waals surface area contributed by atoms with Crippen LogP contribution < -0.4 is 10.1 Å². The van der Waals surface area contributed by atoms with Crippen molar-refractivity contribution in [2.75, 3.05) is 5.32 Å². The SMILES string of the molecule is CCc1cnc(CSc2cnc(NC(=O)c3ccc(OC4C=CCCC4)cc3)s2)o1. The number of allylic oxidation sites excluding steroid dienone is 1. The third kappa shape index (κ3) is 5.52. The van der Waals surface area contributed by atoms with Gasteiger partial charge in [-0.15, -0.1) is 11.8 Å². The van der Waals surface area contributed by atoms with Gasteiger partial charge in [-0.05, 0) is 49.6 Å². The van der Waals surface area contributed by atoms with Crippen molar-refractivity contribution < 1.29 is 13.9 Å². The lowest BCUT2D eigenvalue weighted by atomic mass is 10.1. The van der Waals surface area contributed by atoms with E-state index in [9.17, 15) is 4.79 Å². The minimum absolute atomic E-state index is 0.120. The number of benzene rings is 1. The van der Waals surface area contributed by atoms with Crippen molar-refractivity contribution in [3.8, 4) is 5.75 Å². The Kier molecular flexibility index (Phi) is 6.86. The van der Waals surface area contributed by atoms with Crippen LogP contribution in [0.15, 0.2) is 57.4 Å². The summed E-state index contributed by atoms with van der Waals surface area (Å²) in [5, 5.41) is 3.42. The third-order valence-corrected chi connectivity index (χ3v) is 6.70. The highest BCUT2D eigenvalue weighted by Crippen LogP contribution is 2.31. The minimum Gasteiger partial charge on any atom is -0.486 e. The molecule has 2 heterocycles. The molecule has 1 aliphatic carbocycles. The number of amides is 1. The zero-order chi connectivity index (χ0) is 20.8. The Morgan fingerprint density at radius 1 is 1.30 bits per heavy atom. The molecule has 156 valence electrons. The number of rotatable bonds is 8. The van der Waals surface area contributed by atoms with E-state index in [1.165, 1.54) is 11.3 Å². The Morgan fingerprint density at radius 3 is 2.90 bits per heavy atom. The molecule has 30 heavy (non-hydrogen) atoms. The lowest BCUT2D eigenvalue weighted by molar-refractivity contribution is 0.102. The Bertz CT molecular complexity index is 1010. The molecule has 1 aliphatic rings. The summed E-state index contributed by atoms with van der Waals surface area (Å²) in [4.78, 5) is 21.1. The van der Waals surface area contributed by atoms with Gasteiger partial charge in [0.05, 0.1) is 22.4 Å². The van der Waals surface area contributed by atoms with Gasteiger partial charge in [-0.25, -0.2) is 9.97 Å². The van der Waals surface area contributed by atoms with Crippen molar-refractivity contribution in [2.45, 2.75) is 48.7 Å². The number of thiazole rings is 1. The van der Waals surface area contributed by atoms with Crippen molar-refractivity contribution >= 4 is 34.1 Å². The molecular formula is C22H23N3O3S2. The van der Waals surface area contributed by atoms with Crippen LogP contribution in [0, 0.1) is 0 Å². The first-order valence-corrected chi connectivity index (χ1v) is 11.8. The first kappa shape index (κ1) is 20.7. The number of hydrogen-bond donors (Lipinski definition) is 1. The smallest absolute Gasteiger partial charge is 0.257 e. The Morgan fingerprint density at radius 2 is 2.17 bits per heavy atom. The molecule has 0 radical (unpaired) electrons. The van der Waals surface area contributed by atoms with Gasteiger partial charge in [0.15, 0.2) is 5.13 Å². The zero-order valence-corrected chi connectivity index (χ0v) is 18.3. The van der Waals surface area contributed by atoms with Crippen molar-refractivity contribution in [2.24, 2.45) is 0 Å². The molecule has 1 unspecified atom stereocenters. The molecule has 3 aromatic rings. The fraction of sp³-hybridized carbons (Fsp3) is 0.318. The predicted molar refractivity (Wildman–Crippen MR) is 119 cm³/mol. The molecule has 8 heteroatoms. The largest absolute Gasteiger partial charge is 0.486 e. The summed E-state index contributed by atoms with van der Waals surface area (Å²) < 4.78 is 12.5. The molecule has 0 aliphatic heterocycles. The lowest BCUT2D eigenvalue weighted by Crippen LogP contribution is -2.16. The predicted octanol–water partition coefficient (Wildman–Crippen LogP) is 5.73. The van der Waals surface area contributed by atoms with Crippen LogP contribution in [0.4, 0.5) is 5.13 Å². The average Bonchev–Trinajstić information content (AvgIpc) is 3.42. The molecule has 0 bridgehead atoms. The van der Waals surface area contributed by atoms with Gasteiger partial charge in [-0.2, -0.15) is 0 Å². The number of carbonyl (C=O) groups excluding carboxylic acids is 1. The second-order valence-electron chi connectivity index (χ2n) is 6.84. The van der Waals surface area contributed by atoms with Crippen molar-refractivity contribution in [1.29, 1.82) is 0 Å². The lowest BCUT2D eigenvalue weighted by Gasteiger charge is -2.18. The Hall–Kier alpha value is -2.58. The molecule has 2 aromatic heterocycles. The fourth-order valence-electron chi connectivity index (χ4n) is 3.00. The third-order valence-electron chi connectivity index (χ3n) is 4.61. The van der Waals surface area contributed by atoms with Crippen LogP contribution in [0.3, 0.4) is 0 Å². The summed E-state index contributed by atoms with van der Waals surface area (Å²) >= 11 is 3.02. The average molecular weight is 442 g/mol. The van der Waals surface area contributed by atoms with E-state index in [-0.39, 0.29) is 12.0 Å². The number of carbonyl (C=O) groups is 1. The van der Waals surface area contributed by atoms with E-state index >= 15 is 0 Å². The number of hydrogen-bond acceptors (Lipinski definition) is 7. The van der Waals surface area contributed by atoms with E-state index in [2.05, 4.69) is 27.4 Å². The number of nitrogens with zero attached hydrogens (tertiary/aromatic N) is 2. The second kappa shape index (κ2) is 9.95. The Labute approximate surface area is 183 Å². The maximum Gasteiger partial charge on any atom is 0.257 e. The van der Waals surface area contributed by atoms with Gasteiger partial charge >= 0.3 is 0 Å². The molecule has 0 saturated carbocycles. The van der Waals surface area contributed by atoms with Crippen LogP contribution in [-0.4, -0.2) is 22.0 Å². The van der Waals surface area contributed by atoms with E-state index in [4.69, 9.17) is 9.15 Å². The number of anilines is 1. The Balaban J connectivity index is 1.29. The number of nitrogens with one attached hydrogen (secondary N) is 1. The summed E-state index contributed by atoms with van der Waals surface area (Å²) in [6, 6.07) is 7.21. The molecular weight excluding hydrogens is 418 g/mol. The molecule has 4 rings (SSSR count). The van der Waals surface area contributed by atoms with Crippen molar-refractivity contribution in [3.63, 3.8) is 0 Å². The molecule has 1 amide bonds. The monoisotopic (exact) mass is 441 g/mol. The zero-order valence-electron chi connectivity index (χ0n) is 16.7. The standard InChI is InChI=1S/C22H23N3O3S2/c1-2-16-12-23-19(28-16)14-29-20-13-24-22(30-20)25-21(26)15-8-10-18(11-9-15)27-17-6-4-3-5-7-17/h4,6,8-13,17H,2-3,5,7,14H2,1H3,(H,24,25,26). The molecule has 0 saturated heterocycles. The minimum atomic E-state index is -0.190. The van der Waals surface area contributed by atoms with Gasteiger partial charge < -0.3 is 9.15 Å². The summed E-state index contributed by atoms with van der Waals surface area (Å²) in [5.41, 5.74) is 0.567. The van der Waals surface area contributed by atoms with E-state index < -0.39 is 0 Å². The number of aryl methyl sites for hydroxylation is 1. The van der Waals surface area contributed by atoms with E-state index in [0.29, 0.717) is 22.3 Å². The maximum atomic E-state index is 12.5. The highest BCUT2D eigenvalue weighted by atomic mass is 32.2. The molecule has 0 spiro atoms. The van der Waals surface area contributed by atoms with Crippen LogP contribution in [0.5, 0.6) is 5.75 Å². The van der Waals surface area contributed by atoms with Crippen molar-refractivity contribution in [1.82, 2.24) is 9.97 Å². The molecule has 0 fully saturated rings. The molecule has 1 atom stereocenters. The van der Waals surface area contributed by atoms with Crippen molar-refractivity contribution in [3.05, 3.63) is 66.0 Å². The van der Waals surface area contributed by atoms with Crippen LogP contribution in [-0.2, 0) is 12.2 Å². The van der Waals surface area contributed by atoms with Gasteiger partial charge in [-0.3, -0.25) is 10.1 Å². The van der Waals surface area contributed by atoms with Crippen LogP contribution in [0.25, 0.3) is 0 Å². The van der Waals surface area contributed by atoms with E-state index in [1.54, 1.807) is 36.3 Å². The van der Waals surface area contributed by atoms with Gasteiger partial charge in [-0.1, -0.05) is 24.3 Å². The number of aromatic nitrogens is 2. The van der Waals surface area contributed by atoms with Crippen LogP contribution in [0.2, 0.25) is 0 Å². The normalized spacial score (nSPS) is 15.8. The molecule has 6 nitrogen and oxygen atoms in total. The highest BCUT2D eigenvalue weighted by molar-refractivity contribution is 8.00. The van der Waals surface area contributed by atoms with Gasteiger partial charge in [0.25, 0.3) is 5.91 Å². The van der Waals surface area contributed by atoms with Crippen LogP contribution in [0.1, 0.15) is 48.2 Å². The van der Waals surface area contributed by atoms with Gasteiger partial charge in [0.1, 0.15) is 17.6 Å². The first-order chi connectivity index (χ1) is 14.7. The second-order valence-corrected chi connectivity index (χ2v) is 9.15. The van der Waals surface area contributed by atoms with Gasteiger partial charge in [0, 0.05) is 12.0 Å². The number of ether oxygens (including phenoxy) is 1. The van der Waals surface area contributed by atoms with Gasteiger partial charge in [0.2, 0.25) is 5.89 Å². The summed E-state index contributed by atoms with van der Waals surface area (Å²) in [5.74, 6) is 2.79. The quantitative estimate of drug-likeness (QED) is 0.355. The topological polar surface area (TPSA) is 77.2 Å². The maximum absolute atomic E-state index is 12.5. The van der Waals surface area contributed by atoms with E-state index in [1.807, 2.05) is 19.1 Å². The van der Waals surface area contributed by atoms with E-state index in [0.717, 1.165) is 41.4 Å². The molecule has 1 N–H and O–H groups in total. The summed E-state index contributed by atoms with van der Waals surface area (Å²) in [7, 11) is 0. The van der Waals surface area contributed by atoms with Crippen LogP contribution >= 0.6 is 23.1 Å². The first-order valence-electron chi connectivity index (χ1n) is 9.96.